The van der Waals surface area contributed by atoms with Gasteiger partial charge in [-0.25, -0.2) is 4.79 Å². The van der Waals surface area contributed by atoms with E-state index < -0.39 is 5.97 Å². The summed E-state index contributed by atoms with van der Waals surface area (Å²) in [6.07, 6.45) is 2.75. The van der Waals surface area contributed by atoms with E-state index in [0.717, 1.165) is 6.08 Å². The van der Waals surface area contributed by atoms with E-state index in [1.165, 1.54) is 0 Å². The first-order chi connectivity index (χ1) is 5.74. The molecule has 1 aromatic rings. The number of hydrogen-bond donors (Lipinski definition) is 1. The van der Waals surface area contributed by atoms with Crippen LogP contribution >= 0.6 is 12.2 Å². The van der Waals surface area contributed by atoms with E-state index in [-0.39, 0.29) is 0 Å². The summed E-state index contributed by atoms with van der Waals surface area (Å²) in [5.74, 6) is -0.168. The fraction of sp³-hybridized carbons (Fsp3) is 0. The summed E-state index contributed by atoms with van der Waals surface area (Å²) in [5.41, 5.74) is 0. The second kappa shape index (κ2) is 3.82. The largest absolute Gasteiger partial charge is 0.420 e. The lowest BCUT2D eigenvalue weighted by atomic mass is 10.5. The molecule has 0 amide bonds. The van der Waals surface area contributed by atoms with Crippen LogP contribution in [0.15, 0.2) is 31.0 Å². The molecule has 0 spiro atoms. The lowest BCUT2D eigenvalue weighted by Gasteiger charge is -1.98. The predicted molar refractivity (Wildman–Crippen MR) is 47.5 cm³/mol. The van der Waals surface area contributed by atoms with Crippen molar-refractivity contribution < 1.29 is 9.53 Å². The molecular weight excluding hydrogens is 174 g/mol. The molecule has 0 atom stereocenters. The summed E-state index contributed by atoms with van der Waals surface area (Å²) < 4.78 is 5.20. The predicted octanol–water partition coefficient (Wildman–Crippen LogP) is 1.84. The molecule has 0 unspecified atom stereocenters. The van der Waals surface area contributed by atoms with Crippen LogP contribution < -0.4 is 4.74 Å². The Morgan fingerprint density at radius 3 is 3.08 bits per heavy atom. The Morgan fingerprint density at radius 1 is 1.75 bits per heavy atom. The Balaban J connectivity index is 2.90. The molecule has 0 aliphatic heterocycles. The molecular formula is C8H7NO2S. The maximum absolute atomic E-state index is 10.7. The lowest BCUT2D eigenvalue weighted by molar-refractivity contribution is -0.129. The number of carbonyl (C=O) groups is 1. The summed E-state index contributed by atoms with van der Waals surface area (Å²) >= 11 is 4.85. The summed E-state index contributed by atoms with van der Waals surface area (Å²) in [6.45, 7) is 3.27. The van der Waals surface area contributed by atoms with Crippen LogP contribution in [-0.2, 0) is 4.79 Å². The number of aromatic amines is 1. The number of H-pyrrole nitrogens is 1. The van der Waals surface area contributed by atoms with Gasteiger partial charge in [0.25, 0.3) is 0 Å². The van der Waals surface area contributed by atoms with Gasteiger partial charge in [-0.3, -0.25) is 0 Å². The molecule has 0 aliphatic carbocycles. The number of carbonyl (C=O) groups excluding carboxylic acids is 1. The van der Waals surface area contributed by atoms with Crippen molar-refractivity contribution in [1.29, 1.82) is 0 Å². The van der Waals surface area contributed by atoms with Gasteiger partial charge >= 0.3 is 5.97 Å². The average molecular weight is 181 g/mol. The zero-order chi connectivity index (χ0) is 8.97. The minimum Gasteiger partial charge on any atom is -0.420 e. The van der Waals surface area contributed by atoms with Crippen molar-refractivity contribution in [2.24, 2.45) is 0 Å². The normalized spacial score (nSPS) is 9.00. The highest BCUT2D eigenvalue weighted by Gasteiger charge is 1.99. The summed E-state index contributed by atoms with van der Waals surface area (Å²) in [5, 5.41) is 0. The van der Waals surface area contributed by atoms with Gasteiger partial charge in [-0.2, -0.15) is 0 Å². The molecule has 3 nitrogen and oxygen atoms in total. The van der Waals surface area contributed by atoms with Crippen LogP contribution in [-0.4, -0.2) is 11.0 Å². The molecule has 12 heavy (non-hydrogen) atoms. The highest BCUT2D eigenvalue weighted by molar-refractivity contribution is 7.71. The van der Waals surface area contributed by atoms with E-state index >= 15 is 0 Å². The monoisotopic (exact) mass is 181 g/mol. The molecule has 4 heteroatoms. The molecule has 0 bridgehead atoms. The van der Waals surface area contributed by atoms with Crippen LogP contribution in [0.25, 0.3) is 0 Å². The molecule has 0 fully saturated rings. The average Bonchev–Trinajstić information content (AvgIpc) is 2.09. The minimum absolute atomic E-state index is 0.345. The molecule has 62 valence electrons. The number of hydrogen-bond acceptors (Lipinski definition) is 3. The number of esters is 1. The van der Waals surface area contributed by atoms with Gasteiger partial charge in [0, 0.05) is 12.3 Å². The summed E-state index contributed by atoms with van der Waals surface area (Å²) in [7, 11) is 0. The quantitative estimate of drug-likeness (QED) is 0.430. The number of ether oxygens (including phenoxy) is 1. The van der Waals surface area contributed by atoms with Gasteiger partial charge in [-0.05, 0) is 12.1 Å². The van der Waals surface area contributed by atoms with Crippen molar-refractivity contribution in [3.63, 3.8) is 0 Å². The Bertz CT molecular complexity index is 356. The topological polar surface area (TPSA) is 42.1 Å². The van der Waals surface area contributed by atoms with Crippen molar-refractivity contribution in [1.82, 2.24) is 4.98 Å². The van der Waals surface area contributed by atoms with Crippen LogP contribution in [0.4, 0.5) is 0 Å². The molecule has 0 aliphatic rings. The van der Waals surface area contributed by atoms with Crippen molar-refractivity contribution >= 4 is 18.2 Å². The number of rotatable bonds is 2. The Morgan fingerprint density at radius 2 is 2.50 bits per heavy atom. The zero-order valence-electron chi connectivity index (χ0n) is 6.24. The highest BCUT2D eigenvalue weighted by Crippen LogP contribution is 2.09. The lowest BCUT2D eigenvalue weighted by Crippen LogP contribution is -2.03. The van der Waals surface area contributed by atoms with Crippen LogP contribution in [0.5, 0.6) is 5.75 Å². The van der Waals surface area contributed by atoms with E-state index in [9.17, 15) is 4.79 Å². The zero-order valence-corrected chi connectivity index (χ0v) is 7.06. The number of pyridine rings is 1. The van der Waals surface area contributed by atoms with Gasteiger partial charge in [-0.15, -0.1) is 0 Å². The molecule has 1 heterocycles. The van der Waals surface area contributed by atoms with Crippen LogP contribution in [0.2, 0.25) is 0 Å². The third-order valence-corrected chi connectivity index (χ3v) is 1.48. The molecule has 0 saturated heterocycles. The first-order valence-corrected chi connectivity index (χ1v) is 3.67. The summed E-state index contributed by atoms with van der Waals surface area (Å²) in [6, 6.07) is 3.31. The third kappa shape index (κ3) is 2.03. The van der Waals surface area contributed by atoms with Crippen LogP contribution in [0.1, 0.15) is 0 Å². The molecule has 0 saturated carbocycles. The fourth-order valence-electron chi connectivity index (χ4n) is 0.637. The Hall–Kier alpha value is -1.42. The van der Waals surface area contributed by atoms with Gasteiger partial charge in [0.15, 0.2) is 5.75 Å². The Kier molecular flexibility index (Phi) is 2.76. The smallest absolute Gasteiger partial charge is 0.335 e. The third-order valence-electron chi connectivity index (χ3n) is 1.16. The molecule has 0 radical (unpaired) electrons. The number of aromatic nitrogens is 1. The molecule has 1 rings (SSSR count). The fourth-order valence-corrected chi connectivity index (χ4v) is 0.814. The SMILES string of the molecule is C=CC(=O)Oc1ccc[nH]c1=S. The minimum atomic E-state index is -0.513. The van der Waals surface area contributed by atoms with Crippen molar-refractivity contribution in [3.05, 3.63) is 35.6 Å². The molecule has 1 N–H and O–H groups in total. The first-order valence-electron chi connectivity index (χ1n) is 3.26. The van der Waals surface area contributed by atoms with Gasteiger partial charge in [-0.1, -0.05) is 18.8 Å². The second-order valence-electron chi connectivity index (χ2n) is 1.99. The van der Waals surface area contributed by atoms with E-state index in [2.05, 4.69) is 11.6 Å². The van der Waals surface area contributed by atoms with E-state index in [0.29, 0.717) is 10.4 Å². The van der Waals surface area contributed by atoms with Crippen molar-refractivity contribution in [2.45, 2.75) is 0 Å². The van der Waals surface area contributed by atoms with Crippen LogP contribution in [0, 0.1) is 4.64 Å². The van der Waals surface area contributed by atoms with E-state index in [1.807, 2.05) is 0 Å². The maximum Gasteiger partial charge on any atom is 0.335 e. The standard InChI is InChI=1S/C8H7NO2S/c1-2-7(10)11-6-4-3-5-9-8(6)12/h2-5H,1H2,(H,9,12). The number of nitrogens with one attached hydrogen (secondary N) is 1. The highest BCUT2D eigenvalue weighted by atomic mass is 32.1. The molecule has 0 aromatic carbocycles. The summed E-state index contributed by atoms with van der Waals surface area (Å²) in [4.78, 5) is 13.5. The van der Waals surface area contributed by atoms with Gasteiger partial charge in [0.2, 0.25) is 0 Å². The maximum atomic E-state index is 10.7. The van der Waals surface area contributed by atoms with E-state index in [1.54, 1.807) is 18.3 Å². The van der Waals surface area contributed by atoms with Gasteiger partial charge < -0.3 is 9.72 Å². The van der Waals surface area contributed by atoms with Gasteiger partial charge in [0.1, 0.15) is 4.64 Å². The molecule has 1 aromatic heterocycles. The first kappa shape index (κ1) is 8.67. The van der Waals surface area contributed by atoms with Crippen molar-refractivity contribution in [3.8, 4) is 5.75 Å². The van der Waals surface area contributed by atoms with Crippen molar-refractivity contribution in [2.75, 3.05) is 0 Å². The van der Waals surface area contributed by atoms with Gasteiger partial charge in [0.05, 0.1) is 0 Å². The van der Waals surface area contributed by atoms with E-state index in [4.69, 9.17) is 17.0 Å². The van der Waals surface area contributed by atoms with Crippen LogP contribution in [0.3, 0.4) is 0 Å². The second-order valence-corrected chi connectivity index (χ2v) is 2.40. The Labute approximate surface area is 74.7 Å².